The summed E-state index contributed by atoms with van der Waals surface area (Å²) in [5.41, 5.74) is 2.28. The van der Waals surface area contributed by atoms with Gasteiger partial charge in [0.2, 0.25) is 5.91 Å². The molecule has 0 spiro atoms. The van der Waals surface area contributed by atoms with Crippen LogP contribution in [0.15, 0.2) is 55.0 Å². The Morgan fingerprint density at radius 1 is 1.18 bits per heavy atom. The number of aliphatic hydroxyl groups excluding tert-OH is 1. The number of pyridine rings is 1. The van der Waals surface area contributed by atoms with Crippen LogP contribution in [-0.4, -0.2) is 55.8 Å². The smallest absolute Gasteiger partial charge is 0.253 e. The van der Waals surface area contributed by atoms with Crippen LogP contribution in [0, 0.1) is 12.7 Å². The van der Waals surface area contributed by atoms with Crippen molar-refractivity contribution < 1.29 is 23.8 Å². The van der Waals surface area contributed by atoms with E-state index in [0.29, 0.717) is 58.7 Å². The van der Waals surface area contributed by atoms with Gasteiger partial charge in [0.25, 0.3) is 5.91 Å². The van der Waals surface area contributed by atoms with Crippen molar-refractivity contribution in [3.05, 3.63) is 77.5 Å². The molecule has 1 atom stereocenters. The van der Waals surface area contributed by atoms with Gasteiger partial charge in [-0.3, -0.25) is 19.3 Å². The first-order valence-electron chi connectivity index (χ1n) is 13.2. The summed E-state index contributed by atoms with van der Waals surface area (Å²) in [6.45, 7) is 8.58. The zero-order chi connectivity index (χ0) is 28.6. The number of β-amino-alcohol motifs (C(OH)–C–C–N with tert-alkyl or cyclic N) is 1. The number of likely N-dealkylation sites (tertiary alicyclic amines) is 1. The Morgan fingerprint density at radius 3 is 2.67 bits per heavy atom. The lowest BCUT2D eigenvalue weighted by atomic mass is 10.1. The van der Waals surface area contributed by atoms with E-state index in [1.54, 1.807) is 65.4 Å². The maximum atomic E-state index is 15.1. The number of ether oxygens (including phenoxy) is 1. The Bertz CT molecular complexity index is 1590. The summed E-state index contributed by atoms with van der Waals surface area (Å²) in [7, 11) is 0. The van der Waals surface area contributed by atoms with Gasteiger partial charge in [0.1, 0.15) is 17.3 Å². The van der Waals surface area contributed by atoms with Crippen molar-refractivity contribution in [2.24, 2.45) is 0 Å². The Balaban J connectivity index is 1.33. The molecule has 40 heavy (non-hydrogen) atoms. The lowest BCUT2D eigenvalue weighted by Gasteiger charge is -2.18. The minimum Gasteiger partial charge on any atom is -0.456 e. The third-order valence-electron chi connectivity index (χ3n) is 6.87. The fraction of sp³-hybridized carbons (Fsp3) is 0.333. The van der Waals surface area contributed by atoms with Gasteiger partial charge in [-0.2, -0.15) is 5.10 Å². The predicted molar refractivity (Wildman–Crippen MR) is 149 cm³/mol. The van der Waals surface area contributed by atoms with Gasteiger partial charge in [-0.1, -0.05) is 0 Å². The van der Waals surface area contributed by atoms with E-state index >= 15 is 4.39 Å². The second-order valence-corrected chi connectivity index (χ2v) is 11.1. The number of carbonyl (C=O) groups excluding carboxylic acids is 2. The highest BCUT2D eigenvalue weighted by Gasteiger charge is 2.26. The first-order valence-corrected chi connectivity index (χ1v) is 13.2. The van der Waals surface area contributed by atoms with Crippen molar-refractivity contribution in [2.75, 3.05) is 18.4 Å². The van der Waals surface area contributed by atoms with Gasteiger partial charge in [0, 0.05) is 42.5 Å². The number of hydrogen-bond donors (Lipinski definition) is 2. The number of rotatable bonds is 6. The number of amides is 2. The first kappa shape index (κ1) is 27.3. The van der Waals surface area contributed by atoms with Crippen LogP contribution >= 0.6 is 0 Å². The van der Waals surface area contributed by atoms with Gasteiger partial charge in [0.05, 0.1) is 35.5 Å². The standard InChI is InChI=1S/C30H32FN5O4/c1-18-11-20(13-28(38)34-21-15-33-36(16-21)30(2,3)4)24(31)14-27(18)40-26-7-9-32-25-6-5-19(12-23(25)26)29(39)35-10-8-22(37)17-35/h5-7,9,11-12,14-16,22,37H,8,10,13,17H2,1-4H3,(H,34,38). The average molecular weight is 546 g/mol. The van der Waals surface area contributed by atoms with Crippen molar-refractivity contribution in [1.29, 1.82) is 0 Å². The van der Waals surface area contributed by atoms with Crippen LogP contribution in [-0.2, 0) is 16.8 Å². The molecule has 1 fully saturated rings. The van der Waals surface area contributed by atoms with Crippen LogP contribution in [0.5, 0.6) is 11.5 Å². The highest BCUT2D eigenvalue weighted by atomic mass is 19.1. The fourth-order valence-corrected chi connectivity index (χ4v) is 4.67. The van der Waals surface area contributed by atoms with E-state index in [2.05, 4.69) is 15.4 Å². The molecule has 1 saturated heterocycles. The Morgan fingerprint density at radius 2 is 1.98 bits per heavy atom. The van der Waals surface area contributed by atoms with Crippen LogP contribution in [0.2, 0.25) is 0 Å². The number of aromatic nitrogens is 3. The number of nitrogens with one attached hydrogen (secondary N) is 1. The van der Waals surface area contributed by atoms with Crippen LogP contribution < -0.4 is 10.1 Å². The van der Waals surface area contributed by atoms with Gasteiger partial charge in [-0.25, -0.2) is 4.39 Å². The molecule has 1 aliphatic heterocycles. The number of benzene rings is 2. The molecule has 1 aliphatic rings. The minimum absolute atomic E-state index is 0.150. The highest BCUT2D eigenvalue weighted by Crippen LogP contribution is 2.33. The van der Waals surface area contributed by atoms with Gasteiger partial charge in [-0.05, 0) is 75.6 Å². The summed E-state index contributed by atoms with van der Waals surface area (Å²) in [5.74, 6) is -0.389. The van der Waals surface area contributed by atoms with Crippen LogP contribution in [0.3, 0.4) is 0 Å². The number of carbonyl (C=O) groups is 2. The number of hydrogen-bond acceptors (Lipinski definition) is 6. The number of aliphatic hydroxyl groups is 1. The summed E-state index contributed by atoms with van der Waals surface area (Å²) < 4.78 is 23.0. The molecule has 0 saturated carbocycles. The van der Waals surface area contributed by atoms with Crippen molar-refractivity contribution in [2.45, 2.75) is 52.2 Å². The van der Waals surface area contributed by atoms with Crippen molar-refractivity contribution >= 4 is 28.4 Å². The summed E-state index contributed by atoms with van der Waals surface area (Å²) in [4.78, 5) is 31.6. The minimum atomic E-state index is -0.567. The topological polar surface area (TPSA) is 110 Å². The Kier molecular flexibility index (Phi) is 7.29. The zero-order valence-electron chi connectivity index (χ0n) is 22.9. The molecule has 2 aromatic heterocycles. The van der Waals surface area contributed by atoms with Crippen molar-refractivity contribution in [3.63, 3.8) is 0 Å². The quantitative estimate of drug-likeness (QED) is 0.360. The molecule has 4 aromatic rings. The van der Waals surface area contributed by atoms with Gasteiger partial charge in [0.15, 0.2) is 0 Å². The van der Waals surface area contributed by atoms with E-state index in [4.69, 9.17) is 4.74 Å². The third kappa shape index (κ3) is 5.81. The summed E-state index contributed by atoms with van der Waals surface area (Å²) in [6, 6.07) is 9.67. The van der Waals surface area contributed by atoms with Crippen molar-refractivity contribution in [1.82, 2.24) is 19.7 Å². The van der Waals surface area contributed by atoms with E-state index in [-0.39, 0.29) is 29.3 Å². The molecular weight excluding hydrogens is 513 g/mol. The van der Waals surface area contributed by atoms with Gasteiger partial charge < -0.3 is 20.1 Å². The number of fused-ring (bicyclic) bond motifs is 1. The molecule has 2 aromatic carbocycles. The lowest BCUT2D eigenvalue weighted by molar-refractivity contribution is -0.115. The van der Waals surface area contributed by atoms with Crippen LogP contribution in [0.4, 0.5) is 10.1 Å². The molecule has 9 nitrogen and oxygen atoms in total. The summed E-state index contributed by atoms with van der Waals surface area (Å²) >= 11 is 0. The number of anilines is 1. The summed E-state index contributed by atoms with van der Waals surface area (Å²) in [6.07, 6.45) is 4.78. The van der Waals surface area contributed by atoms with Gasteiger partial charge >= 0.3 is 0 Å². The zero-order valence-corrected chi connectivity index (χ0v) is 22.9. The SMILES string of the molecule is Cc1cc(CC(=O)Nc2cnn(C(C)(C)C)c2)c(F)cc1Oc1ccnc2ccc(C(=O)N3CCC(O)C3)cc12. The van der Waals surface area contributed by atoms with E-state index in [1.807, 2.05) is 20.8 Å². The third-order valence-corrected chi connectivity index (χ3v) is 6.87. The number of aryl methyl sites for hydroxylation is 1. The van der Waals surface area contributed by atoms with E-state index in [1.165, 1.54) is 6.07 Å². The maximum absolute atomic E-state index is 15.1. The molecule has 5 rings (SSSR count). The molecule has 3 heterocycles. The molecule has 10 heteroatoms. The molecule has 2 N–H and O–H groups in total. The molecular formula is C30H32FN5O4. The lowest BCUT2D eigenvalue weighted by Crippen LogP contribution is -2.29. The number of halogens is 1. The van der Waals surface area contributed by atoms with Crippen molar-refractivity contribution in [3.8, 4) is 11.5 Å². The highest BCUT2D eigenvalue weighted by molar-refractivity contribution is 5.99. The predicted octanol–water partition coefficient (Wildman–Crippen LogP) is 4.81. The Hall–Kier alpha value is -4.31. The van der Waals surface area contributed by atoms with E-state index in [9.17, 15) is 14.7 Å². The molecule has 1 unspecified atom stereocenters. The van der Waals surface area contributed by atoms with Crippen LogP contribution in [0.25, 0.3) is 10.9 Å². The first-order chi connectivity index (χ1) is 19.0. The maximum Gasteiger partial charge on any atom is 0.253 e. The average Bonchev–Trinajstić information content (AvgIpc) is 3.55. The molecule has 0 aliphatic carbocycles. The second kappa shape index (κ2) is 10.7. The van der Waals surface area contributed by atoms with E-state index < -0.39 is 11.9 Å². The Labute approximate surface area is 231 Å². The second-order valence-electron chi connectivity index (χ2n) is 11.1. The van der Waals surface area contributed by atoms with Crippen LogP contribution in [0.1, 0.15) is 48.7 Å². The largest absolute Gasteiger partial charge is 0.456 e. The van der Waals surface area contributed by atoms with E-state index in [0.717, 1.165) is 0 Å². The molecule has 2 amide bonds. The molecule has 208 valence electrons. The number of nitrogens with zero attached hydrogens (tertiary/aromatic N) is 4. The summed E-state index contributed by atoms with van der Waals surface area (Å²) in [5, 5.41) is 17.4. The monoisotopic (exact) mass is 545 g/mol. The van der Waals surface area contributed by atoms with Gasteiger partial charge in [-0.15, -0.1) is 0 Å². The molecule has 0 radical (unpaired) electrons. The normalized spacial score (nSPS) is 15.4. The molecule has 0 bridgehead atoms. The fourth-order valence-electron chi connectivity index (χ4n) is 4.67.